The number of amides is 2. The van der Waals surface area contributed by atoms with Gasteiger partial charge in [0.15, 0.2) is 6.61 Å². The highest BCUT2D eigenvalue weighted by atomic mass is 16.5. The van der Waals surface area contributed by atoms with Crippen LogP contribution in [0.3, 0.4) is 0 Å². The van der Waals surface area contributed by atoms with Crippen LogP contribution < -0.4 is 15.4 Å². The molecule has 0 aromatic heterocycles. The van der Waals surface area contributed by atoms with Gasteiger partial charge in [-0.05, 0) is 65.4 Å². The third kappa shape index (κ3) is 6.45. The molecule has 2 N–H and O–H groups in total. The van der Waals surface area contributed by atoms with Crippen molar-refractivity contribution in [3.8, 4) is 5.75 Å². The normalized spacial score (nSPS) is 11.0. The van der Waals surface area contributed by atoms with Gasteiger partial charge in [-0.3, -0.25) is 9.59 Å². The molecule has 0 saturated carbocycles. The molecular weight excluding hydrogens is 400 g/mol. The van der Waals surface area contributed by atoms with Crippen LogP contribution in [0, 0.1) is 0 Å². The molecule has 0 unspecified atom stereocenters. The molecule has 2 amide bonds. The number of hydrogen-bond donors (Lipinski definition) is 2. The highest BCUT2D eigenvalue weighted by Gasteiger charge is 2.14. The second kappa shape index (κ2) is 10.1. The summed E-state index contributed by atoms with van der Waals surface area (Å²) in [6.45, 7) is 8.38. The first-order valence-corrected chi connectivity index (χ1v) is 10.8. The molecule has 0 aliphatic rings. The Morgan fingerprint density at radius 2 is 1.50 bits per heavy atom. The van der Waals surface area contributed by atoms with E-state index in [0.717, 1.165) is 12.0 Å². The van der Waals surface area contributed by atoms with Crippen LogP contribution in [0.25, 0.3) is 0 Å². The zero-order valence-electron chi connectivity index (χ0n) is 19.1. The van der Waals surface area contributed by atoms with E-state index in [1.165, 1.54) is 5.56 Å². The molecule has 0 aliphatic heterocycles. The molecule has 0 bridgehead atoms. The van der Waals surface area contributed by atoms with E-state index in [0.29, 0.717) is 22.7 Å². The van der Waals surface area contributed by atoms with E-state index in [9.17, 15) is 9.59 Å². The molecule has 0 spiro atoms. The Morgan fingerprint density at radius 3 is 2.16 bits per heavy atom. The van der Waals surface area contributed by atoms with Gasteiger partial charge in [-0.2, -0.15) is 0 Å². The molecular formula is C27H30N2O3. The lowest BCUT2D eigenvalue weighted by atomic mass is 9.87. The number of hydrogen-bond acceptors (Lipinski definition) is 3. The predicted octanol–water partition coefficient (Wildman–Crippen LogP) is 5.82. The highest BCUT2D eigenvalue weighted by Crippen LogP contribution is 2.23. The molecule has 3 rings (SSSR count). The van der Waals surface area contributed by atoms with E-state index >= 15 is 0 Å². The average molecular weight is 431 g/mol. The highest BCUT2D eigenvalue weighted by molar-refractivity contribution is 6.04. The minimum atomic E-state index is -0.270. The number of nitrogens with one attached hydrogen (secondary N) is 2. The van der Waals surface area contributed by atoms with Crippen molar-refractivity contribution in [2.75, 3.05) is 17.2 Å². The third-order valence-electron chi connectivity index (χ3n) is 5.09. The number of anilines is 2. The molecule has 3 aromatic rings. The summed E-state index contributed by atoms with van der Waals surface area (Å²) in [5, 5.41) is 5.68. The molecule has 0 saturated heterocycles. The molecule has 32 heavy (non-hydrogen) atoms. The van der Waals surface area contributed by atoms with E-state index in [-0.39, 0.29) is 23.8 Å². The summed E-state index contributed by atoms with van der Waals surface area (Å²) >= 11 is 0. The van der Waals surface area contributed by atoms with Gasteiger partial charge in [0.05, 0.1) is 0 Å². The maximum Gasteiger partial charge on any atom is 0.262 e. The third-order valence-corrected chi connectivity index (χ3v) is 5.09. The van der Waals surface area contributed by atoms with Crippen LogP contribution in [0.4, 0.5) is 11.4 Å². The molecule has 3 aromatic carbocycles. The van der Waals surface area contributed by atoms with Gasteiger partial charge < -0.3 is 15.4 Å². The second-order valence-electron chi connectivity index (χ2n) is 8.70. The van der Waals surface area contributed by atoms with Gasteiger partial charge in [-0.15, -0.1) is 0 Å². The summed E-state index contributed by atoms with van der Waals surface area (Å²) in [5.74, 6) is 0.194. The largest absolute Gasteiger partial charge is 0.484 e. The number of benzene rings is 3. The molecule has 166 valence electrons. The Hall–Kier alpha value is -3.60. The van der Waals surface area contributed by atoms with Crippen LogP contribution in [-0.4, -0.2) is 18.4 Å². The summed E-state index contributed by atoms with van der Waals surface area (Å²) < 4.78 is 5.59. The Labute approximate surface area is 189 Å². The van der Waals surface area contributed by atoms with E-state index in [1.54, 1.807) is 24.3 Å². The fraction of sp³-hybridized carbons (Fsp3) is 0.259. The fourth-order valence-electron chi connectivity index (χ4n) is 3.20. The number of aryl methyl sites for hydroxylation is 1. The van der Waals surface area contributed by atoms with E-state index in [4.69, 9.17) is 4.74 Å². The lowest BCUT2D eigenvalue weighted by Crippen LogP contribution is -2.20. The monoisotopic (exact) mass is 430 g/mol. The van der Waals surface area contributed by atoms with Crippen molar-refractivity contribution in [1.29, 1.82) is 0 Å². The lowest BCUT2D eigenvalue weighted by Gasteiger charge is -2.19. The van der Waals surface area contributed by atoms with Crippen molar-refractivity contribution in [2.45, 2.75) is 39.5 Å². The standard InChI is InChI=1S/C27H30N2O3/c1-5-19-8-6-11-24(16-19)32-18-25(30)28-22-9-7-10-23(17-22)29-26(31)20-12-14-21(15-13-20)27(2,3)4/h6-17H,5,18H2,1-4H3,(H,28,30)(H,29,31). The summed E-state index contributed by atoms with van der Waals surface area (Å²) in [7, 11) is 0. The SMILES string of the molecule is CCc1cccc(OCC(=O)Nc2cccc(NC(=O)c3ccc(C(C)(C)C)cc3)c2)c1. The average Bonchev–Trinajstić information content (AvgIpc) is 2.77. The summed E-state index contributed by atoms with van der Waals surface area (Å²) in [5.41, 5.74) is 4.12. The van der Waals surface area contributed by atoms with Crippen molar-refractivity contribution in [2.24, 2.45) is 0 Å². The van der Waals surface area contributed by atoms with Crippen molar-refractivity contribution < 1.29 is 14.3 Å². The molecule has 0 aliphatic carbocycles. The molecule has 5 nitrogen and oxygen atoms in total. The maximum absolute atomic E-state index is 12.6. The van der Waals surface area contributed by atoms with E-state index in [2.05, 4.69) is 38.3 Å². The number of rotatable bonds is 7. The van der Waals surface area contributed by atoms with E-state index in [1.807, 2.05) is 48.5 Å². The van der Waals surface area contributed by atoms with Crippen molar-refractivity contribution >= 4 is 23.2 Å². The first-order chi connectivity index (χ1) is 15.2. The number of carbonyl (C=O) groups is 2. The Kier molecular flexibility index (Phi) is 7.31. The first-order valence-electron chi connectivity index (χ1n) is 10.8. The van der Waals surface area contributed by atoms with Gasteiger partial charge in [0.2, 0.25) is 0 Å². The first kappa shape index (κ1) is 23.1. The van der Waals surface area contributed by atoms with Gasteiger partial charge in [0.25, 0.3) is 11.8 Å². The molecule has 0 atom stereocenters. The quantitative estimate of drug-likeness (QED) is 0.497. The summed E-state index contributed by atoms with van der Waals surface area (Å²) in [6.07, 6.45) is 0.905. The van der Waals surface area contributed by atoms with Gasteiger partial charge in [0, 0.05) is 16.9 Å². The lowest BCUT2D eigenvalue weighted by molar-refractivity contribution is -0.118. The van der Waals surface area contributed by atoms with Gasteiger partial charge in [-0.25, -0.2) is 0 Å². The van der Waals surface area contributed by atoms with Crippen LogP contribution in [0.1, 0.15) is 49.2 Å². The Bertz CT molecular complexity index is 1080. The summed E-state index contributed by atoms with van der Waals surface area (Å²) in [4.78, 5) is 24.9. The predicted molar refractivity (Wildman–Crippen MR) is 129 cm³/mol. The van der Waals surface area contributed by atoms with Gasteiger partial charge in [-0.1, -0.05) is 58.0 Å². The van der Waals surface area contributed by atoms with Crippen molar-refractivity contribution in [1.82, 2.24) is 0 Å². The van der Waals surface area contributed by atoms with Crippen molar-refractivity contribution in [3.05, 3.63) is 89.5 Å². The van der Waals surface area contributed by atoms with Gasteiger partial charge >= 0.3 is 0 Å². The fourth-order valence-corrected chi connectivity index (χ4v) is 3.20. The number of carbonyl (C=O) groups excluding carboxylic acids is 2. The Morgan fingerprint density at radius 1 is 0.844 bits per heavy atom. The van der Waals surface area contributed by atoms with Crippen LogP contribution in [0.2, 0.25) is 0 Å². The zero-order chi connectivity index (χ0) is 23.1. The van der Waals surface area contributed by atoms with Crippen LogP contribution in [0.15, 0.2) is 72.8 Å². The van der Waals surface area contributed by atoms with Crippen LogP contribution in [0.5, 0.6) is 5.75 Å². The number of ether oxygens (including phenoxy) is 1. The van der Waals surface area contributed by atoms with Crippen LogP contribution >= 0.6 is 0 Å². The van der Waals surface area contributed by atoms with E-state index < -0.39 is 0 Å². The molecule has 0 radical (unpaired) electrons. The summed E-state index contributed by atoms with van der Waals surface area (Å²) in [6, 6.07) is 22.3. The maximum atomic E-state index is 12.6. The molecule has 5 heteroatoms. The second-order valence-corrected chi connectivity index (χ2v) is 8.70. The molecule has 0 heterocycles. The smallest absolute Gasteiger partial charge is 0.262 e. The Balaban J connectivity index is 1.57. The topological polar surface area (TPSA) is 67.4 Å². The molecule has 0 fully saturated rings. The minimum Gasteiger partial charge on any atom is -0.484 e. The van der Waals surface area contributed by atoms with Crippen LogP contribution in [-0.2, 0) is 16.6 Å². The van der Waals surface area contributed by atoms with Gasteiger partial charge in [0.1, 0.15) is 5.75 Å². The van der Waals surface area contributed by atoms with Crippen molar-refractivity contribution in [3.63, 3.8) is 0 Å². The zero-order valence-corrected chi connectivity index (χ0v) is 19.1. The minimum absolute atomic E-state index is 0.0318.